The van der Waals surface area contributed by atoms with E-state index in [0.717, 1.165) is 25.0 Å². The van der Waals surface area contributed by atoms with Crippen molar-refractivity contribution in [2.45, 2.75) is 19.3 Å². The Bertz CT molecular complexity index is 115. The molecule has 0 saturated carbocycles. The third-order valence-corrected chi connectivity index (χ3v) is 2.97. The zero-order valence-corrected chi connectivity index (χ0v) is 7.01. The average Bonchev–Trinajstić information content (AvgIpc) is 2.58. The fourth-order valence-electron chi connectivity index (χ4n) is 2.21. The van der Waals surface area contributed by atoms with Gasteiger partial charge in [-0.2, -0.15) is 0 Å². The van der Waals surface area contributed by atoms with E-state index in [-0.39, 0.29) is 0 Å². The van der Waals surface area contributed by atoms with Crippen LogP contribution in [-0.2, 0) is 4.74 Å². The zero-order valence-electron chi connectivity index (χ0n) is 7.01. The summed E-state index contributed by atoms with van der Waals surface area (Å²) >= 11 is 0. The van der Waals surface area contributed by atoms with Crippen LogP contribution in [0.3, 0.4) is 0 Å². The highest BCUT2D eigenvalue weighted by Gasteiger charge is 2.26. The molecule has 2 aliphatic rings. The van der Waals surface area contributed by atoms with Gasteiger partial charge in [0.25, 0.3) is 0 Å². The molecule has 0 amide bonds. The van der Waals surface area contributed by atoms with Crippen molar-refractivity contribution in [2.24, 2.45) is 11.8 Å². The Morgan fingerprint density at radius 2 is 2.18 bits per heavy atom. The van der Waals surface area contributed by atoms with Gasteiger partial charge in [0.1, 0.15) is 0 Å². The molecular formula is C9H17NO. The molecule has 0 bridgehead atoms. The smallest absolute Gasteiger partial charge is 0.0498 e. The lowest BCUT2D eigenvalue weighted by molar-refractivity contribution is 0.164. The minimum atomic E-state index is 0.864. The normalized spacial score (nSPS) is 39.3. The van der Waals surface area contributed by atoms with Crippen molar-refractivity contribution in [1.82, 2.24) is 5.32 Å². The van der Waals surface area contributed by atoms with Crippen LogP contribution in [0, 0.1) is 11.8 Å². The van der Waals surface area contributed by atoms with Gasteiger partial charge in [-0.15, -0.1) is 0 Å². The first-order chi connectivity index (χ1) is 5.47. The first-order valence-electron chi connectivity index (χ1n) is 4.75. The molecule has 0 unspecified atom stereocenters. The van der Waals surface area contributed by atoms with Crippen LogP contribution in [0.5, 0.6) is 0 Å². The maximum atomic E-state index is 5.38. The van der Waals surface area contributed by atoms with Crippen LogP contribution in [0.4, 0.5) is 0 Å². The second kappa shape index (κ2) is 3.55. The lowest BCUT2D eigenvalue weighted by Gasteiger charge is -2.26. The molecule has 2 rings (SSSR count). The second-order valence-corrected chi connectivity index (χ2v) is 3.73. The van der Waals surface area contributed by atoms with Gasteiger partial charge in [0.15, 0.2) is 0 Å². The van der Waals surface area contributed by atoms with Crippen LogP contribution >= 0.6 is 0 Å². The Morgan fingerprint density at radius 1 is 1.18 bits per heavy atom. The molecule has 0 radical (unpaired) electrons. The van der Waals surface area contributed by atoms with Crippen LogP contribution in [0.15, 0.2) is 0 Å². The summed E-state index contributed by atoms with van der Waals surface area (Å²) in [6, 6.07) is 0. The molecule has 0 aromatic carbocycles. The van der Waals surface area contributed by atoms with E-state index in [9.17, 15) is 0 Å². The third-order valence-electron chi connectivity index (χ3n) is 2.97. The first-order valence-corrected chi connectivity index (χ1v) is 4.75. The third kappa shape index (κ3) is 1.74. The molecule has 2 atom stereocenters. The largest absolute Gasteiger partial charge is 0.381 e. The van der Waals surface area contributed by atoms with Gasteiger partial charge in [-0.1, -0.05) is 0 Å². The van der Waals surface area contributed by atoms with E-state index in [4.69, 9.17) is 4.74 Å². The molecule has 1 N–H and O–H groups in total. The summed E-state index contributed by atoms with van der Waals surface area (Å²) in [6.45, 7) is 4.48. The van der Waals surface area contributed by atoms with E-state index in [1.165, 1.54) is 32.4 Å². The molecule has 2 heterocycles. The highest BCUT2D eigenvalue weighted by Crippen LogP contribution is 2.26. The zero-order chi connectivity index (χ0) is 7.52. The fourth-order valence-corrected chi connectivity index (χ4v) is 2.21. The van der Waals surface area contributed by atoms with Crippen molar-refractivity contribution in [3.8, 4) is 0 Å². The second-order valence-electron chi connectivity index (χ2n) is 3.73. The summed E-state index contributed by atoms with van der Waals surface area (Å²) in [5.74, 6) is 1.77. The topological polar surface area (TPSA) is 21.3 Å². The Labute approximate surface area is 68.3 Å². The predicted octanol–water partition coefficient (Wildman–Crippen LogP) is 1.02. The molecule has 2 heteroatoms. The van der Waals surface area contributed by atoms with Gasteiger partial charge in [0.05, 0.1) is 0 Å². The van der Waals surface area contributed by atoms with E-state index in [2.05, 4.69) is 5.32 Å². The summed E-state index contributed by atoms with van der Waals surface area (Å²) in [6.07, 6.45) is 4.08. The van der Waals surface area contributed by atoms with Crippen molar-refractivity contribution in [2.75, 3.05) is 26.3 Å². The minimum Gasteiger partial charge on any atom is -0.381 e. The van der Waals surface area contributed by atoms with Crippen molar-refractivity contribution in [1.29, 1.82) is 0 Å². The molecule has 2 aliphatic heterocycles. The van der Waals surface area contributed by atoms with Crippen LogP contribution in [0.25, 0.3) is 0 Å². The molecule has 0 aromatic rings. The summed E-state index contributed by atoms with van der Waals surface area (Å²) in [5, 5.41) is 3.46. The van der Waals surface area contributed by atoms with Gasteiger partial charge in [-0.3, -0.25) is 0 Å². The molecule has 11 heavy (non-hydrogen) atoms. The van der Waals surface area contributed by atoms with E-state index in [1.54, 1.807) is 0 Å². The van der Waals surface area contributed by atoms with E-state index < -0.39 is 0 Å². The summed E-state index contributed by atoms with van der Waals surface area (Å²) in [7, 11) is 0. The highest BCUT2D eigenvalue weighted by molar-refractivity contribution is 4.78. The molecular weight excluding hydrogens is 138 g/mol. The number of hydrogen-bond acceptors (Lipinski definition) is 2. The van der Waals surface area contributed by atoms with E-state index in [0.29, 0.717) is 0 Å². The van der Waals surface area contributed by atoms with Crippen molar-refractivity contribution >= 4 is 0 Å². The van der Waals surface area contributed by atoms with Crippen molar-refractivity contribution in [3.63, 3.8) is 0 Å². The standard InChI is InChI=1S/C9H17NO/c1-2-8(6-10-4-1)9-3-5-11-7-9/h8-10H,1-7H2/t8-,9+/m0/s1. The van der Waals surface area contributed by atoms with Crippen LogP contribution in [-0.4, -0.2) is 26.3 Å². The predicted molar refractivity (Wildman–Crippen MR) is 44.5 cm³/mol. The van der Waals surface area contributed by atoms with E-state index >= 15 is 0 Å². The summed E-state index contributed by atoms with van der Waals surface area (Å²) < 4.78 is 5.38. The van der Waals surface area contributed by atoms with Crippen LogP contribution in [0.2, 0.25) is 0 Å². The number of piperidine rings is 1. The number of ether oxygens (including phenoxy) is 1. The quantitative estimate of drug-likeness (QED) is 0.610. The Morgan fingerprint density at radius 3 is 2.82 bits per heavy atom. The van der Waals surface area contributed by atoms with Crippen LogP contribution < -0.4 is 5.32 Å². The lowest BCUT2D eigenvalue weighted by atomic mass is 9.86. The fraction of sp³-hybridized carbons (Fsp3) is 1.00. The summed E-state index contributed by atoms with van der Waals surface area (Å²) in [4.78, 5) is 0. The maximum Gasteiger partial charge on any atom is 0.0498 e. The highest BCUT2D eigenvalue weighted by atomic mass is 16.5. The molecule has 64 valence electrons. The number of nitrogens with one attached hydrogen (secondary N) is 1. The Hall–Kier alpha value is -0.0800. The molecule has 0 aromatic heterocycles. The van der Waals surface area contributed by atoms with Gasteiger partial charge < -0.3 is 10.1 Å². The SMILES string of the molecule is C1CNC[C@@H]([C@@H]2CCOC2)C1. The Balaban J connectivity index is 1.82. The van der Waals surface area contributed by atoms with Crippen molar-refractivity contribution in [3.05, 3.63) is 0 Å². The Kier molecular flexibility index (Phi) is 2.44. The number of hydrogen-bond donors (Lipinski definition) is 1. The number of rotatable bonds is 1. The lowest BCUT2D eigenvalue weighted by Crippen LogP contribution is -2.34. The van der Waals surface area contributed by atoms with Crippen LogP contribution in [0.1, 0.15) is 19.3 Å². The minimum absolute atomic E-state index is 0.864. The average molecular weight is 155 g/mol. The van der Waals surface area contributed by atoms with Crippen molar-refractivity contribution < 1.29 is 4.74 Å². The molecule has 2 fully saturated rings. The monoisotopic (exact) mass is 155 g/mol. The molecule has 0 aliphatic carbocycles. The van der Waals surface area contributed by atoms with Gasteiger partial charge in [-0.05, 0) is 44.2 Å². The van der Waals surface area contributed by atoms with Gasteiger partial charge in [0, 0.05) is 13.2 Å². The molecule has 2 nitrogen and oxygen atoms in total. The van der Waals surface area contributed by atoms with Gasteiger partial charge in [0.2, 0.25) is 0 Å². The first kappa shape index (κ1) is 7.56. The maximum absolute atomic E-state index is 5.38. The van der Waals surface area contributed by atoms with Gasteiger partial charge >= 0.3 is 0 Å². The van der Waals surface area contributed by atoms with Gasteiger partial charge in [-0.25, -0.2) is 0 Å². The molecule has 2 saturated heterocycles. The molecule has 0 spiro atoms. The summed E-state index contributed by atoms with van der Waals surface area (Å²) in [5.41, 5.74) is 0. The van der Waals surface area contributed by atoms with E-state index in [1.807, 2.05) is 0 Å².